The van der Waals surface area contributed by atoms with E-state index in [0.717, 1.165) is 11.8 Å². The number of carbonyl (C=O) groups excluding carboxylic acids is 1. The van der Waals surface area contributed by atoms with Gasteiger partial charge < -0.3 is 10.2 Å². The number of hydrogen-bond acceptors (Lipinski definition) is 4. The standard InChI is InChI=1S/C26H29ClFN3O3S/c1-5-18(2)31(35(33,34)24-11-7-9-21(27)16-24)17-20-15-23(12-13-25(20)30(3)4)29-26(32)19-8-6-10-22(28)14-19/h6-16,18H,5,17H2,1-4H3,(H,29,32)/t18-/m1/s1. The summed E-state index contributed by atoms with van der Waals surface area (Å²) in [6.07, 6.45) is 0.604. The van der Waals surface area contributed by atoms with E-state index in [2.05, 4.69) is 5.32 Å². The van der Waals surface area contributed by atoms with E-state index < -0.39 is 21.7 Å². The molecule has 6 nitrogen and oxygen atoms in total. The summed E-state index contributed by atoms with van der Waals surface area (Å²) >= 11 is 6.07. The Morgan fingerprint density at radius 2 is 1.77 bits per heavy atom. The fraction of sp³-hybridized carbons (Fsp3) is 0.269. The van der Waals surface area contributed by atoms with Crippen LogP contribution in [0.5, 0.6) is 0 Å². The molecular weight excluding hydrogens is 489 g/mol. The van der Waals surface area contributed by atoms with Gasteiger partial charge in [-0.2, -0.15) is 4.31 Å². The number of amides is 1. The third kappa shape index (κ3) is 6.39. The monoisotopic (exact) mass is 517 g/mol. The van der Waals surface area contributed by atoms with Gasteiger partial charge in [0, 0.05) is 48.6 Å². The van der Waals surface area contributed by atoms with Gasteiger partial charge in [-0.05, 0) is 73.5 Å². The zero-order chi connectivity index (χ0) is 25.8. The van der Waals surface area contributed by atoms with Crippen molar-refractivity contribution >= 4 is 38.9 Å². The van der Waals surface area contributed by atoms with Gasteiger partial charge in [0.25, 0.3) is 5.91 Å². The van der Waals surface area contributed by atoms with Crippen LogP contribution in [0.25, 0.3) is 0 Å². The number of nitrogens with one attached hydrogen (secondary N) is 1. The van der Waals surface area contributed by atoms with Crippen LogP contribution in [0.2, 0.25) is 5.02 Å². The summed E-state index contributed by atoms with van der Waals surface area (Å²) in [4.78, 5) is 14.6. The van der Waals surface area contributed by atoms with Crippen LogP contribution in [0.1, 0.15) is 36.2 Å². The fourth-order valence-corrected chi connectivity index (χ4v) is 5.66. The third-order valence-corrected chi connectivity index (χ3v) is 7.91. The summed E-state index contributed by atoms with van der Waals surface area (Å²) in [6.45, 7) is 3.86. The molecule has 3 aromatic carbocycles. The highest BCUT2D eigenvalue weighted by Crippen LogP contribution is 2.30. The van der Waals surface area contributed by atoms with Gasteiger partial charge in [0.1, 0.15) is 5.82 Å². The summed E-state index contributed by atoms with van der Waals surface area (Å²) in [5, 5.41) is 3.12. The van der Waals surface area contributed by atoms with Gasteiger partial charge in [-0.3, -0.25) is 4.79 Å². The van der Waals surface area contributed by atoms with Crippen LogP contribution in [-0.2, 0) is 16.6 Å². The second kappa shape index (κ2) is 11.2. The number of carbonyl (C=O) groups is 1. The number of halogens is 2. The number of anilines is 2. The van der Waals surface area contributed by atoms with Crippen molar-refractivity contribution in [2.45, 2.75) is 37.8 Å². The molecule has 0 radical (unpaired) electrons. The lowest BCUT2D eigenvalue weighted by atomic mass is 10.1. The van der Waals surface area contributed by atoms with E-state index in [1.807, 2.05) is 38.9 Å². The summed E-state index contributed by atoms with van der Waals surface area (Å²) in [5.74, 6) is -0.963. The molecule has 0 aliphatic rings. The molecule has 0 aromatic heterocycles. The highest BCUT2D eigenvalue weighted by Gasteiger charge is 2.29. The number of benzene rings is 3. The first-order valence-electron chi connectivity index (χ1n) is 11.2. The van der Waals surface area contributed by atoms with E-state index in [0.29, 0.717) is 22.7 Å². The van der Waals surface area contributed by atoms with Crippen molar-refractivity contribution in [3.05, 3.63) is 88.7 Å². The maximum atomic E-state index is 13.6. The SMILES string of the molecule is CC[C@@H](C)N(Cc1cc(NC(=O)c2cccc(F)c2)ccc1N(C)C)S(=O)(=O)c1cccc(Cl)c1. The molecular formula is C26H29ClFN3O3S. The fourth-order valence-electron chi connectivity index (χ4n) is 3.67. The van der Waals surface area contributed by atoms with Crippen molar-refractivity contribution < 1.29 is 17.6 Å². The third-order valence-electron chi connectivity index (χ3n) is 5.72. The molecule has 186 valence electrons. The molecule has 1 N–H and O–H groups in total. The van der Waals surface area contributed by atoms with Crippen LogP contribution in [0.15, 0.2) is 71.6 Å². The average molecular weight is 518 g/mol. The lowest BCUT2D eigenvalue weighted by Gasteiger charge is -2.30. The first-order chi connectivity index (χ1) is 16.5. The zero-order valence-corrected chi connectivity index (χ0v) is 21.7. The van der Waals surface area contributed by atoms with Gasteiger partial charge in [-0.15, -0.1) is 0 Å². The van der Waals surface area contributed by atoms with Crippen molar-refractivity contribution in [1.82, 2.24) is 4.31 Å². The van der Waals surface area contributed by atoms with Crippen molar-refractivity contribution in [2.24, 2.45) is 0 Å². The maximum Gasteiger partial charge on any atom is 0.255 e. The molecule has 0 spiro atoms. The average Bonchev–Trinajstić information content (AvgIpc) is 2.81. The van der Waals surface area contributed by atoms with E-state index in [-0.39, 0.29) is 23.0 Å². The van der Waals surface area contributed by atoms with Crippen molar-refractivity contribution in [3.8, 4) is 0 Å². The molecule has 35 heavy (non-hydrogen) atoms. The van der Waals surface area contributed by atoms with Crippen molar-refractivity contribution in [3.63, 3.8) is 0 Å². The van der Waals surface area contributed by atoms with Crippen LogP contribution in [0.3, 0.4) is 0 Å². The Labute approximate surface area is 211 Å². The molecule has 3 rings (SSSR count). The Hall–Kier alpha value is -2.94. The van der Waals surface area contributed by atoms with Crippen LogP contribution >= 0.6 is 11.6 Å². The Kier molecular flexibility index (Phi) is 8.53. The van der Waals surface area contributed by atoms with Gasteiger partial charge >= 0.3 is 0 Å². The minimum absolute atomic E-state index is 0.0844. The topological polar surface area (TPSA) is 69.7 Å². The largest absolute Gasteiger partial charge is 0.377 e. The number of sulfonamides is 1. The Morgan fingerprint density at radius 1 is 1.06 bits per heavy atom. The Bertz CT molecular complexity index is 1310. The van der Waals surface area contributed by atoms with E-state index in [1.54, 1.807) is 24.3 Å². The maximum absolute atomic E-state index is 13.6. The van der Waals surface area contributed by atoms with E-state index in [9.17, 15) is 17.6 Å². The minimum atomic E-state index is -3.86. The first-order valence-corrected chi connectivity index (χ1v) is 13.0. The van der Waals surface area contributed by atoms with Gasteiger partial charge in [0.15, 0.2) is 0 Å². The van der Waals surface area contributed by atoms with Gasteiger partial charge in [0.2, 0.25) is 10.0 Å². The second-order valence-electron chi connectivity index (χ2n) is 8.47. The summed E-state index contributed by atoms with van der Waals surface area (Å²) in [5.41, 5.74) is 2.18. The van der Waals surface area contributed by atoms with E-state index in [1.165, 1.54) is 34.6 Å². The molecule has 0 fully saturated rings. The van der Waals surface area contributed by atoms with Crippen LogP contribution < -0.4 is 10.2 Å². The first kappa shape index (κ1) is 26.7. The minimum Gasteiger partial charge on any atom is -0.377 e. The van der Waals surface area contributed by atoms with Crippen LogP contribution in [-0.4, -0.2) is 38.8 Å². The van der Waals surface area contributed by atoms with Gasteiger partial charge in [0.05, 0.1) is 4.90 Å². The number of nitrogens with zero attached hydrogens (tertiary/aromatic N) is 2. The Morgan fingerprint density at radius 3 is 2.40 bits per heavy atom. The summed E-state index contributed by atoms with van der Waals surface area (Å²) in [6, 6.07) is 16.6. The lowest BCUT2D eigenvalue weighted by molar-refractivity contribution is 0.102. The van der Waals surface area contributed by atoms with Crippen LogP contribution in [0, 0.1) is 5.82 Å². The number of rotatable bonds is 9. The molecule has 0 unspecified atom stereocenters. The summed E-state index contributed by atoms with van der Waals surface area (Å²) < 4.78 is 42.2. The number of hydrogen-bond donors (Lipinski definition) is 1. The highest BCUT2D eigenvalue weighted by atomic mass is 35.5. The second-order valence-corrected chi connectivity index (χ2v) is 10.8. The predicted molar refractivity (Wildman–Crippen MR) is 139 cm³/mol. The molecule has 0 saturated heterocycles. The quantitative estimate of drug-likeness (QED) is 0.390. The molecule has 9 heteroatoms. The molecule has 0 aliphatic carbocycles. The van der Waals surface area contributed by atoms with E-state index >= 15 is 0 Å². The predicted octanol–water partition coefficient (Wildman–Crippen LogP) is 5.79. The molecule has 0 bridgehead atoms. The summed E-state index contributed by atoms with van der Waals surface area (Å²) in [7, 11) is -0.130. The molecule has 0 heterocycles. The normalized spacial score (nSPS) is 12.4. The molecule has 0 aliphatic heterocycles. The molecule has 1 atom stereocenters. The molecule has 3 aromatic rings. The lowest BCUT2D eigenvalue weighted by Crippen LogP contribution is -2.38. The van der Waals surface area contributed by atoms with Gasteiger partial charge in [-0.25, -0.2) is 12.8 Å². The smallest absolute Gasteiger partial charge is 0.255 e. The van der Waals surface area contributed by atoms with Crippen molar-refractivity contribution in [2.75, 3.05) is 24.3 Å². The zero-order valence-electron chi connectivity index (χ0n) is 20.1. The molecule has 0 saturated carbocycles. The molecule has 1 amide bonds. The van der Waals surface area contributed by atoms with Gasteiger partial charge in [-0.1, -0.05) is 30.7 Å². The van der Waals surface area contributed by atoms with E-state index in [4.69, 9.17) is 11.6 Å². The van der Waals surface area contributed by atoms with Crippen LogP contribution in [0.4, 0.5) is 15.8 Å². The highest BCUT2D eigenvalue weighted by molar-refractivity contribution is 7.89. The Balaban J connectivity index is 1.99. The van der Waals surface area contributed by atoms with Crippen molar-refractivity contribution in [1.29, 1.82) is 0 Å².